The summed E-state index contributed by atoms with van der Waals surface area (Å²) in [5, 5.41) is 11.6. The molecule has 0 saturated heterocycles. The monoisotopic (exact) mass is 239 g/mol. The summed E-state index contributed by atoms with van der Waals surface area (Å²) >= 11 is 0. The Bertz CT molecular complexity index is 306. The van der Waals surface area contributed by atoms with E-state index in [2.05, 4.69) is 11.9 Å². The molecule has 0 aliphatic heterocycles. The molecule has 0 spiro atoms. The first-order chi connectivity index (χ1) is 7.99. The Morgan fingerprint density at radius 2 is 2.00 bits per heavy atom. The molecule has 0 heterocycles. The molecule has 0 aromatic rings. The van der Waals surface area contributed by atoms with Crippen LogP contribution in [0.4, 0.5) is 0 Å². The second kappa shape index (κ2) is 5.84. The summed E-state index contributed by atoms with van der Waals surface area (Å²) in [7, 11) is 0. The van der Waals surface area contributed by atoms with E-state index in [9.17, 15) is 9.59 Å². The highest BCUT2D eigenvalue weighted by atomic mass is 16.4. The van der Waals surface area contributed by atoms with E-state index in [-0.39, 0.29) is 12.3 Å². The fourth-order valence-corrected chi connectivity index (χ4v) is 2.28. The minimum absolute atomic E-state index is 0.133. The Morgan fingerprint density at radius 1 is 1.41 bits per heavy atom. The summed E-state index contributed by atoms with van der Waals surface area (Å²) < 4.78 is 0. The van der Waals surface area contributed by atoms with Crippen molar-refractivity contribution in [2.75, 3.05) is 0 Å². The van der Waals surface area contributed by atoms with Crippen LogP contribution in [0, 0.1) is 5.41 Å². The van der Waals surface area contributed by atoms with E-state index in [1.165, 1.54) is 6.08 Å². The highest BCUT2D eigenvalue weighted by Crippen LogP contribution is 2.35. The first-order valence-corrected chi connectivity index (χ1v) is 6.14. The fraction of sp³-hybridized carbons (Fsp3) is 0.692. The molecule has 4 heteroatoms. The molecule has 1 atom stereocenters. The number of aliphatic carboxylic acids is 1. The third kappa shape index (κ3) is 3.58. The van der Waals surface area contributed by atoms with Gasteiger partial charge in [0.1, 0.15) is 6.04 Å². The number of hydrogen-bond donors (Lipinski definition) is 2. The summed E-state index contributed by atoms with van der Waals surface area (Å²) in [6, 6.07) is -0.848. The van der Waals surface area contributed by atoms with Crippen LogP contribution >= 0.6 is 0 Å². The van der Waals surface area contributed by atoms with Gasteiger partial charge in [0.15, 0.2) is 0 Å². The van der Waals surface area contributed by atoms with Crippen molar-refractivity contribution >= 4 is 11.9 Å². The van der Waals surface area contributed by atoms with Gasteiger partial charge in [0.05, 0.1) is 0 Å². The maximum absolute atomic E-state index is 12.1. The summed E-state index contributed by atoms with van der Waals surface area (Å²) in [5.41, 5.74) is -0.396. The third-order valence-electron chi connectivity index (χ3n) is 3.51. The summed E-state index contributed by atoms with van der Waals surface area (Å²) in [5.74, 6) is -1.14. The van der Waals surface area contributed by atoms with Gasteiger partial charge >= 0.3 is 5.97 Å². The molecule has 0 bridgehead atoms. The zero-order valence-corrected chi connectivity index (χ0v) is 10.4. The van der Waals surface area contributed by atoms with E-state index in [1.54, 1.807) is 0 Å². The average molecular weight is 239 g/mol. The number of hydrogen-bond acceptors (Lipinski definition) is 2. The molecule has 1 amide bonds. The predicted octanol–water partition coefficient (Wildman–Crippen LogP) is 2.10. The molecule has 1 aliphatic rings. The maximum atomic E-state index is 12.1. The van der Waals surface area contributed by atoms with E-state index >= 15 is 0 Å². The minimum atomic E-state index is -1.00. The van der Waals surface area contributed by atoms with E-state index < -0.39 is 17.4 Å². The normalized spacial score (nSPS) is 20.3. The number of carboxylic acids is 1. The van der Waals surface area contributed by atoms with E-state index in [0.29, 0.717) is 0 Å². The number of amides is 1. The van der Waals surface area contributed by atoms with E-state index in [1.807, 2.05) is 6.92 Å². The van der Waals surface area contributed by atoms with Crippen molar-refractivity contribution in [3.8, 4) is 0 Å². The highest BCUT2D eigenvalue weighted by molar-refractivity contribution is 5.87. The first kappa shape index (κ1) is 13.7. The first-order valence-electron chi connectivity index (χ1n) is 6.14. The summed E-state index contributed by atoms with van der Waals surface area (Å²) in [4.78, 5) is 23.1. The van der Waals surface area contributed by atoms with Crippen LogP contribution in [0.15, 0.2) is 12.7 Å². The maximum Gasteiger partial charge on any atom is 0.326 e. The lowest BCUT2D eigenvalue weighted by Gasteiger charge is -2.33. The second-order valence-corrected chi connectivity index (χ2v) is 5.01. The average Bonchev–Trinajstić information content (AvgIpc) is 2.29. The standard InChI is InChI=1S/C13H21NO3/c1-3-7-10(11(15)16)14-12(17)13(2)8-5-4-6-9-13/h3,10H,1,4-9H2,2H3,(H,14,17)(H,15,16). The van der Waals surface area contributed by atoms with Gasteiger partial charge in [0.2, 0.25) is 5.91 Å². The van der Waals surface area contributed by atoms with Crippen LogP contribution in [0.3, 0.4) is 0 Å². The van der Waals surface area contributed by atoms with Crippen molar-refractivity contribution in [3.63, 3.8) is 0 Å². The quantitative estimate of drug-likeness (QED) is 0.722. The molecule has 1 aliphatic carbocycles. The van der Waals surface area contributed by atoms with Crippen LogP contribution in [0.5, 0.6) is 0 Å². The number of carbonyl (C=O) groups excluding carboxylic acids is 1. The van der Waals surface area contributed by atoms with Crippen LogP contribution in [-0.4, -0.2) is 23.0 Å². The van der Waals surface area contributed by atoms with Crippen molar-refractivity contribution in [1.29, 1.82) is 0 Å². The third-order valence-corrected chi connectivity index (χ3v) is 3.51. The number of rotatable bonds is 5. The molecule has 0 aromatic heterocycles. The zero-order chi connectivity index (χ0) is 12.9. The smallest absolute Gasteiger partial charge is 0.326 e. The molecule has 2 N–H and O–H groups in total. The van der Waals surface area contributed by atoms with E-state index in [4.69, 9.17) is 5.11 Å². The van der Waals surface area contributed by atoms with Crippen molar-refractivity contribution in [2.45, 2.75) is 51.5 Å². The van der Waals surface area contributed by atoms with Crippen molar-refractivity contribution in [1.82, 2.24) is 5.32 Å². The van der Waals surface area contributed by atoms with Gasteiger partial charge in [-0.2, -0.15) is 0 Å². The van der Waals surface area contributed by atoms with Crippen LogP contribution in [0.2, 0.25) is 0 Å². The SMILES string of the molecule is C=CCC(NC(=O)C1(C)CCCCC1)C(=O)O. The van der Waals surface area contributed by atoms with Gasteiger partial charge in [-0.15, -0.1) is 6.58 Å². The Labute approximate surface area is 102 Å². The van der Waals surface area contributed by atoms with Gasteiger partial charge in [-0.3, -0.25) is 4.79 Å². The van der Waals surface area contributed by atoms with Gasteiger partial charge in [0, 0.05) is 5.41 Å². The molecule has 17 heavy (non-hydrogen) atoms. The summed E-state index contributed by atoms with van der Waals surface area (Å²) in [6.07, 6.45) is 6.72. The van der Waals surface area contributed by atoms with Crippen LogP contribution < -0.4 is 5.32 Å². The predicted molar refractivity (Wildman–Crippen MR) is 65.6 cm³/mol. The van der Waals surface area contributed by atoms with Crippen LogP contribution in [-0.2, 0) is 9.59 Å². The molecule has 1 unspecified atom stereocenters. The molecular weight excluding hydrogens is 218 g/mol. The minimum Gasteiger partial charge on any atom is -0.480 e. The topological polar surface area (TPSA) is 66.4 Å². The zero-order valence-electron chi connectivity index (χ0n) is 10.4. The van der Waals surface area contributed by atoms with E-state index in [0.717, 1.165) is 32.1 Å². The Balaban J connectivity index is 2.62. The van der Waals surface area contributed by atoms with Gasteiger partial charge in [0.25, 0.3) is 0 Å². The number of carboxylic acid groups (broad SMARTS) is 1. The molecule has 1 rings (SSSR count). The summed E-state index contributed by atoms with van der Waals surface area (Å²) in [6.45, 7) is 5.43. The molecule has 4 nitrogen and oxygen atoms in total. The van der Waals surface area contributed by atoms with Crippen molar-refractivity contribution in [3.05, 3.63) is 12.7 Å². The van der Waals surface area contributed by atoms with Gasteiger partial charge in [-0.1, -0.05) is 32.3 Å². The molecule has 1 fully saturated rings. The number of nitrogens with one attached hydrogen (secondary N) is 1. The largest absolute Gasteiger partial charge is 0.480 e. The molecule has 1 saturated carbocycles. The molecule has 0 radical (unpaired) electrons. The lowest BCUT2D eigenvalue weighted by atomic mass is 9.75. The lowest BCUT2D eigenvalue weighted by Crippen LogP contribution is -2.48. The molecule has 96 valence electrons. The molecule has 0 aromatic carbocycles. The molecular formula is C13H21NO3. The second-order valence-electron chi connectivity index (χ2n) is 5.01. The fourth-order valence-electron chi connectivity index (χ4n) is 2.28. The van der Waals surface area contributed by atoms with Crippen molar-refractivity contribution < 1.29 is 14.7 Å². The lowest BCUT2D eigenvalue weighted by molar-refractivity contribution is -0.144. The van der Waals surface area contributed by atoms with Crippen LogP contribution in [0.25, 0.3) is 0 Å². The Morgan fingerprint density at radius 3 is 2.47 bits per heavy atom. The Hall–Kier alpha value is -1.32. The van der Waals surface area contributed by atoms with Crippen molar-refractivity contribution in [2.24, 2.45) is 5.41 Å². The van der Waals surface area contributed by atoms with Gasteiger partial charge in [-0.05, 0) is 19.3 Å². The Kier molecular flexibility index (Phi) is 4.73. The van der Waals surface area contributed by atoms with Crippen LogP contribution in [0.1, 0.15) is 45.4 Å². The number of carbonyl (C=O) groups is 2. The highest BCUT2D eigenvalue weighted by Gasteiger charge is 2.36. The van der Waals surface area contributed by atoms with Gasteiger partial charge in [-0.25, -0.2) is 4.79 Å². The van der Waals surface area contributed by atoms with Gasteiger partial charge < -0.3 is 10.4 Å².